The monoisotopic (exact) mass is 369 g/mol. The summed E-state index contributed by atoms with van der Waals surface area (Å²) >= 11 is 5.78. The summed E-state index contributed by atoms with van der Waals surface area (Å²) in [7, 11) is 0. The van der Waals surface area contributed by atoms with Gasteiger partial charge >= 0.3 is 0 Å². The highest BCUT2D eigenvalue weighted by atomic mass is 35.5. The summed E-state index contributed by atoms with van der Waals surface area (Å²) in [6, 6.07) is 4.77. The average Bonchev–Trinajstić information content (AvgIpc) is 2.98. The molecule has 0 radical (unpaired) electrons. The summed E-state index contributed by atoms with van der Waals surface area (Å²) in [5.74, 6) is -0.380. The summed E-state index contributed by atoms with van der Waals surface area (Å²) in [6.07, 6.45) is 2.06. The Morgan fingerprint density at radius 3 is 2.96 bits per heavy atom. The van der Waals surface area contributed by atoms with Crippen molar-refractivity contribution >= 4 is 17.5 Å². The normalized spacial score (nSPS) is 24.9. The van der Waals surface area contributed by atoms with Crippen LogP contribution < -0.4 is 10.6 Å². The van der Waals surface area contributed by atoms with Gasteiger partial charge in [-0.15, -0.1) is 0 Å². The van der Waals surface area contributed by atoms with Crippen LogP contribution in [0.1, 0.15) is 24.5 Å². The fourth-order valence-corrected chi connectivity index (χ4v) is 3.59. The van der Waals surface area contributed by atoms with Gasteiger partial charge in [0.1, 0.15) is 5.82 Å². The first-order chi connectivity index (χ1) is 12.1. The first-order valence-electron chi connectivity index (χ1n) is 8.90. The van der Waals surface area contributed by atoms with Crippen molar-refractivity contribution in [2.75, 3.05) is 45.9 Å². The molecule has 0 saturated carbocycles. The predicted octanol–water partition coefficient (Wildman–Crippen LogP) is 1.97. The second-order valence-electron chi connectivity index (χ2n) is 6.72. The number of amides is 1. The first kappa shape index (κ1) is 18.6. The number of rotatable bonds is 5. The molecule has 25 heavy (non-hydrogen) atoms. The van der Waals surface area contributed by atoms with Crippen molar-refractivity contribution in [1.29, 1.82) is 0 Å². The molecule has 2 heterocycles. The fourth-order valence-electron chi connectivity index (χ4n) is 3.47. The van der Waals surface area contributed by atoms with Gasteiger partial charge in [-0.2, -0.15) is 0 Å². The molecule has 2 N–H and O–H groups in total. The van der Waals surface area contributed by atoms with Crippen LogP contribution in [0, 0.1) is 11.7 Å². The van der Waals surface area contributed by atoms with E-state index in [-0.39, 0.29) is 23.0 Å². The van der Waals surface area contributed by atoms with Crippen LogP contribution in [-0.2, 0) is 9.53 Å². The molecule has 2 aliphatic rings. The second kappa shape index (κ2) is 8.94. The largest absolute Gasteiger partial charge is 0.372 e. The minimum atomic E-state index is -0.447. The Balaban J connectivity index is 1.61. The number of carbonyl (C=O) groups excluding carboxylic acids is 1. The Kier molecular flexibility index (Phi) is 6.64. The van der Waals surface area contributed by atoms with E-state index in [1.165, 1.54) is 6.07 Å². The van der Waals surface area contributed by atoms with E-state index in [2.05, 4.69) is 15.5 Å². The second-order valence-corrected chi connectivity index (χ2v) is 7.12. The number of nitrogens with zero attached hydrogens (tertiary/aromatic N) is 1. The molecule has 2 saturated heterocycles. The molecule has 0 aliphatic carbocycles. The Labute approximate surface area is 152 Å². The quantitative estimate of drug-likeness (QED) is 0.833. The van der Waals surface area contributed by atoms with Crippen molar-refractivity contribution in [3.8, 4) is 0 Å². The third-order valence-corrected chi connectivity index (χ3v) is 5.12. The Morgan fingerprint density at radius 2 is 2.20 bits per heavy atom. The smallest absolute Gasteiger partial charge is 0.234 e. The molecule has 0 spiro atoms. The van der Waals surface area contributed by atoms with Crippen LogP contribution in [0.15, 0.2) is 18.2 Å². The molecule has 5 nitrogen and oxygen atoms in total. The SMILES string of the molecule is O=C(CN1CCCC1)NCC1CNCCOC1c1ccc(Cl)c(F)c1. The van der Waals surface area contributed by atoms with Gasteiger partial charge in [0.2, 0.25) is 5.91 Å². The van der Waals surface area contributed by atoms with E-state index >= 15 is 0 Å². The van der Waals surface area contributed by atoms with Crippen molar-refractivity contribution in [3.05, 3.63) is 34.6 Å². The zero-order chi connectivity index (χ0) is 17.6. The molecule has 2 aliphatic heterocycles. The van der Waals surface area contributed by atoms with Crippen LogP contribution in [0.2, 0.25) is 5.02 Å². The van der Waals surface area contributed by atoms with Gasteiger partial charge in [0.05, 0.1) is 24.3 Å². The number of nitrogens with one attached hydrogen (secondary N) is 2. The van der Waals surface area contributed by atoms with Crippen molar-refractivity contribution < 1.29 is 13.9 Å². The molecular weight excluding hydrogens is 345 g/mol. The third kappa shape index (κ3) is 5.14. The van der Waals surface area contributed by atoms with Crippen LogP contribution in [0.4, 0.5) is 4.39 Å². The highest BCUT2D eigenvalue weighted by molar-refractivity contribution is 6.30. The maximum absolute atomic E-state index is 13.8. The standard InChI is InChI=1S/C18H25ClFN3O2/c19-15-4-3-13(9-16(15)20)18-14(10-21-5-8-25-18)11-22-17(24)12-23-6-1-2-7-23/h3-4,9,14,18,21H,1-2,5-8,10-12H2,(H,22,24). The molecule has 2 atom stereocenters. The molecule has 0 bridgehead atoms. The third-order valence-electron chi connectivity index (χ3n) is 4.81. The highest BCUT2D eigenvalue weighted by Crippen LogP contribution is 2.29. The van der Waals surface area contributed by atoms with Crippen molar-refractivity contribution in [1.82, 2.24) is 15.5 Å². The van der Waals surface area contributed by atoms with E-state index in [0.29, 0.717) is 26.2 Å². The molecule has 138 valence electrons. The molecule has 1 aromatic carbocycles. The molecule has 2 fully saturated rings. The van der Waals surface area contributed by atoms with E-state index in [1.807, 2.05) is 0 Å². The number of benzene rings is 1. The van der Waals surface area contributed by atoms with Gasteiger partial charge in [-0.3, -0.25) is 9.69 Å². The van der Waals surface area contributed by atoms with Gasteiger partial charge in [0, 0.05) is 25.6 Å². The highest BCUT2D eigenvalue weighted by Gasteiger charge is 2.27. The lowest BCUT2D eigenvalue weighted by Crippen LogP contribution is -2.41. The Bertz CT molecular complexity index is 596. The van der Waals surface area contributed by atoms with Crippen molar-refractivity contribution in [3.63, 3.8) is 0 Å². The zero-order valence-corrected chi connectivity index (χ0v) is 15.0. The zero-order valence-electron chi connectivity index (χ0n) is 14.3. The number of carbonyl (C=O) groups is 1. The number of hydrogen-bond acceptors (Lipinski definition) is 4. The lowest BCUT2D eigenvalue weighted by Gasteiger charge is -2.26. The van der Waals surface area contributed by atoms with E-state index < -0.39 is 5.82 Å². The average molecular weight is 370 g/mol. The van der Waals surface area contributed by atoms with Crippen molar-refractivity contribution in [2.45, 2.75) is 18.9 Å². The Hall–Kier alpha value is -1.21. The summed E-state index contributed by atoms with van der Waals surface area (Å²) in [4.78, 5) is 14.3. The lowest BCUT2D eigenvalue weighted by atomic mass is 9.95. The van der Waals surface area contributed by atoms with E-state index in [9.17, 15) is 9.18 Å². The Morgan fingerprint density at radius 1 is 1.40 bits per heavy atom. The van der Waals surface area contributed by atoms with E-state index in [1.54, 1.807) is 12.1 Å². The molecular formula is C18H25ClFN3O2. The van der Waals surface area contributed by atoms with Crippen LogP contribution in [0.5, 0.6) is 0 Å². The lowest BCUT2D eigenvalue weighted by molar-refractivity contribution is -0.122. The molecule has 1 aromatic rings. The van der Waals surface area contributed by atoms with E-state index in [4.69, 9.17) is 16.3 Å². The minimum Gasteiger partial charge on any atom is -0.372 e. The number of ether oxygens (including phenoxy) is 1. The van der Waals surface area contributed by atoms with Crippen LogP contribution in [0.25, 0.3) is 0 Å². The molecule has 2 unspecified atom stereocenters. The van der Waals surface area contributed by atoms with Gasteiger partial charge in [0.25, 0.3) is 0 Å². The van der Waals surface area contributed by atoms with Crippen LogP contribution >= 0.6 is 11.6 Å². The maximum atomic E-state index is 13.8. The summed E-state index contributed by atoms with van der Waals surface area (Å²) < 4.78 is 19.8. The maximum Gasteiger partial charge on any atom is 0.234 e. The molecule has 0 aromatic heterocycles. The summed E-state index contributed by atoms with van der Waals surface area (Å²) in [6.45, 7) is 4.93. The molecule has 1 amide bonds. The van der Waals surface area contributed by atoms with Crippen LogP contribution in [-0.4, -0.2) is 56.7 Å². The summed E-state index contributed by atoms with van der Waals surface area (Å²) in [5.41, 5.74) is 0.754. The molecule has 3 rings (SSSR count). The summed E-state index contributed by atoms with van der Waals surface area (Å²) in [5, 5.41) is 6.43. The van der Waals surface area contributed by atoms with E-state index in [0.717, 1.165) is 38.0 Å². The van der Waals surface area contributed by atoms with Gasteiger partial charge in [-0.25, -0.2) is 4.39 Å². The topological polar surface area (TPSA) is 53.6 Å². The fraction of sp³-hybridized carbons (Fsp3) is 0.611. The van der Waals surface area contributed by atoms with Crippen molar-refractivity contribution in [2.24, 2.45) is 5.92 Å². The molecule has 7 heteroatoms. The number of likely N-dealkylation sites (tertiary alicyclic amines) is 1. The van der Waals surface area contributed by atoms with Gasteiger partial charge < -0.3 is 15.4 Å². The van der Waals surface area contributed by atoms with Gasteiger partial charge in [-0.05, 0) is 43.6 Å². The van der Waals surface area contributed by atoms with Gasteiger partial charge in [0.15, 0.2) is 0 Å². The van der Waals surface area contributed by atoms with Crippen LogP contribution in [0.3, 0.4) is 0 Å². The predicted molar refractivity (Wildman–Crippen MR) is 95.1 cm³/mol. The van der Waals surface area contributed by atoms with Gasteiger partial charge in [-0.1, -0.05) is 17.7 Å². The number of halogens is 2. The first-order valence-corrected chi connectivity index (χ1v) is 9.27. The number of hydrogen-bond donors (Lipinski definition) is 2. The minimum absolute atomic E-state index is 0.0330.